The highest BCUT2D eigenvalue weighted by molar-refractivity contribution is 6.18. The van der Waals surface area contributed by atoms with Crippen molar-refractivity contribution in [1.82, 2.24) is 9.97 Å². The molecule has 1 N–H and O–H groups in total. The van der Waals surface area contributed by atoms with Crippen LogP contribution in [0.5, 0.6) is 0 Å². The number of halogens is 1. The molecule has 0 saturated heterocycles. The maximum absolute atomic E-state index is 5.60. The van der Waals surface area contributed by atoms with E-state index in [2.05, 4.69) is 15.3 Å². The zero-order valence-corrected chi connectivity index (χ0v) is 8.33. The zero-order valence-electron chi connectivity index (χ0n) is 7.57. The predicted octanol–water partition coefficient (Wildman–Crippen LogP) is 2.28. The first-order chi connectivity index (χ1) is 6.92. The average Bonchev–Trinajstić information content (AvgIpc) is 2.26. The topological polar surface area (TPSA) is 37.8 Å². The molecule has 0 amide bonds. The van der Waals surface area contributed by atoms with Crippen molar-refractivity contribution in [3.8, 4) is 0 Å². The van der Waals surface area contributed by atoms with Gasteiger partial charge in [0.25, 0.3) is 0 Å². The standard InChI is InChI=1S/C10H10ClN3/c11-5-6-12-10-8-3-1-2-4-9(8)13-7-14-10/h1-4,7H,5-6H2,(H,12,13,14). The second kappa shape index (κ2) is 4.24. The summed E-state index contributed by atoms with van der Waals surface area (Å²) in [6.45, 7) is 0.711. The summed E-state index contributed by atoms with van der Waals surface area (Å²) in [6.07, 6.45) is 1.55. The van der Waals surface area contributed by atoms with Gasteiger partial charge in [0.15, 0.2) is 0 Å². The molecule has 0 aliphatic carbocycles. The molecule has 1 heterocycles. The Bertz CT molecular complexity index is 425. The van der Waals surface area contributed by atoms with E-state index in [0.29, 0.717) is 12.4 Å². The number of alkyl halides is 1. The second-order valence-electron chi connectivity index (χ2n) is 2.86. The summed E-state index contributed by atoms with van der Waals surface area (Å²) in [5.41, 5.74) is 0.944. The molecule has 1 aromatic heterocycles. The van der Waals surface area contributed by atoms with Crippen molar-refractivity contribution in [2.24, 2.45) is 0 Å². The van der Waals surface area contributed by atoms with Crippen molar-refractivity contribution in [1.29, 1.82) is 0 Å². The molecule has 0 atom stereocenters. The number of nitrogens with zero attached hydrogens (tertiary/aromatic N) is 2. The van der Waals surface area contributed by atoms with Crippen LogP contribution in [0.4, 0.5) is 5.82 Å². The van der Waals surface area contributed by atoms with Gasteiger partial charge in [-0.05, 0) is 12.1 Å². The highest BCUT2D eigenvalue weighted by Gasteiger charge is 2.00. The van der Waals surface area contributed by atoms with Crippen molar-refractivity contribution in [3.05, 3.63) is 30.6 Å². The van der Waals surface area contributed by atoms with Crippen LogP contribution in [0.3, 0.4) is 0 Å². The molecule has 0 bridgehead atoms. The van der Waals surface area contributed by atoms with Gasteiger partial charge in [-0.15, -0.1) is 11.6 Å². The minimum Gasteiger partial charge on any atom is -0.368 e. The first kappa shape index (κ1) is 9.21. The third-order valence-corrected chi connectivity index (χ3v) is 2.12. The number of nitrogens with one attached hydrogen (secondary N) is 1. The molecule has 0 fully saturated rings. The smallest absolute Gasteiger partial charge is 0.137 e. The monoisotopic (exact) mass is 207 g/mol. The van der Waals surface area contributed by atoms with E-state index in [0.717, 1.165) is 16.7 Å². The Hall–Kier alpha value is -1.35. The van der Waals surface area contributed by atoms with E-state index in [1.807, 2.05) is 24.3 Å². The van der Waals surface area contributed by atoms with Crippen molar-refractivity contribution < 1.29 is 0 Å². The van der Waals surface area contributed by atoms with Gasteiger partial charge in [0, 0.05) is 17.8 Å². The van der Waals surface area contributed by atoms with Gasteiger partial charge in [-0.1, -0.05) is 12.1 Å². The summed E-state index contributed by atoms with van der Waals surface area (Å²) < 4.78 is 0. The van der Waals surface area contributed by atoms with Gasteiger partial charge in [0.05, 0.1) is 5.52 Å². The Labute approximate surface area is 87.1 Å². The highest BCUT2D eigenvalue weighted by atomic mass is 35.5. The number of benzene rings is 1. The molecule has 0 aliphatic rings. The fraction of sp³-hybridized carbons (Fsp3) is 0.200. The van der Waals surface area contributed by atoms with E-state index >= 15 is 0 Å². The number of rotatable bonds is 3. The largest absolute Gasteiger partial charge is 0.368 e. The van der Waals surface area contributed by atoms with Crippen LogP contribution in [0.15, 0.2) is 30.6 Å². The normalized spacial score (nSPS) is 10.4. The Morgan fingerprint density at radius 1 is 1.21 bits per heavy atom. The molecular weight excluding hydrogens is 198 g/mol. The van der Waals surface area contributed by atoms with Crippen molar-refractivity contribution in [3.63, 3.8) is 0 Å². The second-order valence-corrected chi connectivity index (χ2v) is 3.23. The van der Waals surface area contributed by atoms with Crippen LogP contribution >= 0.6 is 11.6 Å². The third kappa shape index (κ3) is 1.77. The van der Waals surface area contributed by atoms with Gasteiger partial charge in [-0.25, -0.2) is 9.97 Å². The number of hydrogen-bond acceptors (Lipinski definition) is 3. The third-order valence-electron chi connectivity index (χ3n) is 1.93. The van der Waals surface area contributed by atoms with Crippen LogP contribution in [0.1, 0.15) is 0 Å². The number of hydrogen-bond donors (Lipinski definition) is 1. The van der Waals surface area contributed by atoms with Crippen LogP contribution < -0.4 is 5.32 Å². The van der Waals surface area contributed by atoms with Crippen LogP contribution in [0, 0.1) is 0 Å². The Morgan fingerprint density at radius 2 is 2.07 bits per heavy atom. The molecule has 0 radical (unpaired) electrons. The minimum atomic E-state index is 0.568. The molecular formula is C10H10ClN3. The lowest BCUT2D eigenvalue weighted by Crippen LogP contribution is -2.04. The Morgan fingerprint density at radius 3 is 2.93 bits per heavy atom. The van der Waals surface area contributed by atoms with E-state index in [1.54, 1.807) is 6.33 Å². The van der Waals surface area contributed by atoms with E-state index in [4.69, 9.17) is 11.6 Å². The number of fused-ring (bicyclic) bond motifs is 1. The lowest BCUT2D eigenvalue weighted by Gasteiger charge is -2.05. The lowest BCUT2D eigenvalue weighted by atomic mass is 10.2. The average molecular weight is 208 g/mol. The molecule has 4 heteroatoms. The van der Waals surface area contributed by atoms with Crippen molar-refractivity contribution in [2.75, 3.05) is 17.7 Å². The van der Waals surface area contributed by atoms with Gasteiger partial charge in [-0.2, -0.15) is 0 Å². The van der Waals surface area contributed by atoms with Crippen LogP contribution in [0.25, 0.3) is 10.9 Å². The van der Waals surface area contributed by atoms with E-state index in [9.17, 15) is 0 Å². The molecule has 2 aromatic rings. The van der Waals surface area contributed by atoms with Gasteiger partial charge in [0.1, 0.15) is 12.1 Å². The van der Waals surface area contributed by atoms with Crippen LogP contribution in [-0.4, -0.2) is 22.4 Å². The summed E-state index contributed by atoms with van der Waals surface area (Å²) in [6, 6.07) is 7.88. The Balaban J connectivity index is 2.43. The highest BCUT2D eigenvalue weighted by Crippen LogP contribution is 2.17. The van der Waals surface area contributed by atoms with Crippen LogP contribution in [0.2, 0.25) is 0 Å². The lowest BCUT2D eigenvalue weighted by molar-refractivity contribution is 1.14. The maximum atomic E-state index is 5.60. The van der Waals surface area contributed by atoms with Crippen molar-refractivity contribution >= 4 is 28.3 Å². The first-order valence-electron chi connectivity index (χ1n) is 4.41. The minimum absolute atomic E-state index is 0.568. The molecule has 0 spiro atoms. The summed E-state index contributed by atoms with van der Waals surface area (Å²) in [7, 11) is 0. The fourth-order valence-corrected chi connectivity index (χ4v) is 1.41. The van der Waals surface area contributed by atoms with Gasteiger partial charge in [0.2, 0.25) is 0 Å². The predicted molar refractivity (Wildman–Crippen MR) is 58.7 cm³/mol. The summed E-state index contributed by atoms with van der Waals surface area (Å²) in [5, 5.41) is 4.18. The molecule has 3 nitrogen and oxygen atoms in total. The SMILES string of the molecule is ClCCNc1ncnc2ccccc12. The Kier molecular flexibility index (Phi) is 2.79. The van der Waals surface area contributed by atoms with E-state index in [1.165, 1.54) is 0 Å². The number of aromatic nitrogens is 2. The number of anilines is 1. The first-order valence-corrected chi connectivity index (χ1v) is 4.95. The quantitative estimate of drug-likeness (QED) is 0.785. The maximum Gasteiger partial charge on any atom is 0.137 e. The van der Waals surface area contributed by atoms with Crippen LogP contribution in [-0.2, 0) is 0 Å². The van der Waals surface area contributed by atoms with E-state index in [-0.39, 0.29) is 0 Å². The zero-order chi connectivity index (χ0) is 9.80. The summed E-state index contributed by atoms with van der Waals surface area (Å²) in [4.78, 5) is 8.33. The van der Waals surface area contributed by atoms with Crippen molar-refractivity contribution in [2.45, 2.75) is 0 Å². The molecule has 0 unspecified atom stereocenters. The molecule has 14 heavy (non-hydrogen) atoms. The molecule has 72 valence electrons. The molecule has 0 saturated carbocycles. The fourth-order valence-electron chi connectivity index (χ4n) is 1.31. The van der Waals surface area contributed by atoms with E-state index < -0.39 is 0 Å². The van der Waals surface area contributed by atoms with Gasteiger partial charge < -0.3 is 5.32 Å². The molecule has 1 aromatic carbocycles. The summed E-state index contributed by atoms with van der Waals surface area (Å²) in [5.74, 6) is 1.41. The molecule has 2 rings (SSSR count). The number of para-hydroxylation sites is 1. The summed E-state index contributed by atoms with van der Waals surface area (Å²) >= 11 is 5.60. The molecule has 0 aliphatic heterocycles. The van der Waals surface area contributed by atoms with Gasteiger partial charge >= 0.3 is 0 Å². The van der Waals surface area contributed by atoms with Gasteiger partial charge in [-0.3, -0.25) is 0 Å².